The van der Waals surface area contributed by atoms with Gasteiger partial charge < -0.3 is 26.2 Å². The second kappa shape index (κ2) is 9.93. The molecule has 0 saturated carbocycles. The number of amides is 2. The molecule has 0 aliphatic carbocycles. The zero-order chi connectivity index (χ0) is 19.6. The predicted molar refractivity (Wildman–Crippen MR) is 99.4 cm³/mol. The number of carbonyl (C=O) groups is 3. The van der Waals surface area contributed by atoms with Crippen LogP contribution in [0.5, 0.6) is 11.5 Å². The molecule has 8 heteroatoms. The minimum atomic E-state index is -1.16. The number of carbonyl (C=O) groups excluding carboxylic acids is 2. The third kappa shape index (κ3) is 7.17. The number of hydrogen-bond donors (Lipinski definition) is 4. The van der Waals surface area contributed by atoms with Crippen LogP contribution in [0.3, 0.4) is 0 Å². The SMILES string of the molecule is N[C@@H](CCC(=O)Nc1ccc(Oc2ccccc2)cc1)C(=O)NCC(=O)O. The van der Waals surface area contributed by atoms with Crippen molar-refractivity contribution < 1.29 is 24.2 Å². The van der Waals surface area contributed by atoms with E-state index in [0.29, 0.717) is 17.2 Å². The van der Waals surface area contributed by atoms with E-state index in [4.69, 9.17) is 15.6 Å². The molecule has 0 saturated heterocycles. The first-order valence-electron chi connectivity index (χ1n) is 8.32. The molecule has 0 spiro atoms. The van der Waals surface area contributed by atoms with Gasteiger partial charge in [-0.1, -0.05) is 18.2 Å². The van der Waals surface area contributed by atoms with Crippen molar-refractivity contribution in [3.8, 4) is 11.5 Å². The fraction of sp³-hybridized carbons (Fsp3) is 0.211. The van der Waals surface area contributed by atoms with Crippen LogP contribution in [0.15, 0.2) is 54.6 Å². The van der Waals surface area contributed by atoms with Gasteiger partial charge >= 0.3 is 5.97 Å². The number of benzene rings is 2. The van der Waals surface area contributed by atoms with Gasteiger partial charge in [0, 0.05) is 12.1 Å². The number of para-hydroxylation sites is 1. The number of anilines is 1. The third-order valence-corrected chi connectivity index (χ3v) is 3.55. The molecule has 8 nitrogen and oxygen atoms in total. The van der Waals surface area contributed by atoms with Gasteiger partial charge in [0.25, 0.3) is 0 Å². The highest BCUT2D eigenvalue weighted by Crippen LogP contribution is 2.22. The van der Waals surface area contributed by atoms with E-state index >= 15 is 0 Å². The first kappa shape index (κ1) is 19.9. The van der Waals surface area contributed by atoms with Crippen LogP contribution in [0, 0.1) is 0 Å². The Labute approximate surface area is 156 Å². The Hall–Kier alpha value is -3.39. The second-order valence-electron chi connectivity index (χ2n) is 5.74. The van der Waals surface area contributed by atoms with E-state index in [2.05, 4.69) is 10.6 Å². The standard InChI is InChI=1S/C19H21N3O5/c20-16(19(26)21-12-18(24)25)10-11-17(23)22-13-6-8-15(9-7-13)27-14-4-2-1-3-5-14/h1-9,16H,10-12,20H2,(H,21,26)(H,22,23)(H,24,25)/t16-/m0/s1. The molecule has 0 aromatic heterocycles. The van der Waals surface area contributed by atoms with Crippen molar-refractivity contribution in [1.29, 1.82) is 0 Å². The van der Waals surface area contributed by atoms with Gasteiger partial charge in [0.05, 0.1) is 6.04 Å². The first-order chi connectivity index (χ1) is 12.9. The lowest BCUT2D eigenvalue weighted by molar-refractivity contribution is -0.138. The molecule has 142 valence electrons. The zero-order valence-corrected chi connectivity index (χ0v) is 14.6. The maximum atomic E-state index is 12.0. The van der Waals surface area contributed by atoms with E-state index in [1.165, 1.54) is 0 Å². The van der Waals surface area contributed by atoms with Crippen LogP contribution in [0.2, 0.25) is 0 Å². The van der Waals surface area contributed by atoms with Crippen LogP contribution in [-0.4, -0.2) is 35.5 Å². The number of hydrogen-bond acceptors (Lipinski definition) is 5. The Morgan fingerprint density at radius 1 is 1.00 bits per heavy atom. The lowest BCUT2D eigenvalue weighted by Crippen LogP contribution is -2.42. The lowest BCUT2D eigenvalue weighted by Gasteiger charge is -2.11. The van der Waals surface area contributed by atoms with Gasteiger partial charge in [-0.15, -0.1) is 0 Å². The van der Waals surface area contributed by atoms with Crippen molar-refractivity contribution in [2.75, 3.05) is 11.9 Å². The first-order valence-corrected chi connectivity index (χ1v) is 8.32. The number of ether oxygens (including phenoxy) is 1. The van der Waals surface area contributed by atoms with Gasteiger partial charge in [-0.3, -0.25) is 14.4 Å². The van der Waals surface area contributed by atoms with Gasteiger partial charge in [0.15, 0.2) is 0 Å². The van der Waals surface area contributed by atoms with E-state index in [1.807, 2.05) is 30.3 Å². The summed E-state index contributed by atoms with van der Waals surface area (Å²) in [5.41, 5.74) is 6.22. The third-order valence-electron chi connectivity index (χ3n) is 3.55. The molecule has 1 atom stereocenters. The summed E-state index contributed by atoms with van der Waals surface area (Å²) in [6, 6.07) is 15.2. The minimum absolute atomic E-state index is 0.0317. The molecule has 2 amide bonds. The molecule has 5 N–H and O–H groups in total. The van der Waals surface area contributed by atoms with Crippen molar-refractivity contribution in [1.82, 2.24) is 5.32 Å². The number of carboxylic acid groups (broad SMARTS) is 1. The topological polar surface area (TPSA) is 131 Å². The number of carboxylic acids is 1. The summed E-state index contributed by atoms with van der Waals surface area (Å²) in [4.78, 5) is 33.9. The summed E-state index contributed by atoms with van der Waals surface area (Å²) < 4.78 is 5.67. The smallest absolute Gasteiger partial charge is 0.322 e. The lowest BCUT2D eigenvalue weighted by atomic mass is 10.1. The van der Waals surface area contributed by atoms with Crippen LogP contribution >= 0.6 is 0 Å². The van der Waals surface area contributed by atoms with Crippen molar-refractivity contribution >= 4 is 23.5 Å². The molecule has 0 fully saturated rings. The quantitative estimate of drug-likeness (QED) is 0.531. The van der Waals surface area contributed by atoms with Crippen LogP contribution in [0.1, 0.15) is 12.8 Å². The average molecular weight is 371 g/mol. The maximum Gasteiger partial charge on any atom is 0.322 e. The summed E-state index contributed by atoms with van der Waals surface area (Å²) in [7, 11) is 0. The van der Waals surface area contributed by atoms with Gasteiger partial charge in [-0.25, -0.2) is 0 Å². The summed E-state index contributed by atoms with van der Waals surface area (Å²) >= 11 is 0. The second-order valence-corrected chi connectivity index (χ2v) is 5.74. The Kier molecular flexibility index (Phi) is 7.33. The molecule has 0 bridgehead atoms. The molecule has 27 heavy (non-hydrogen) atoms. The summed E-state index contributed by atoms with van der Waals surface area (Å²) in [5, 5.41) is 13.4. The Bertz CT molecular complexity index is 778. The Morgan fingerprint density at radius 2 is 1.63 bits per heavy atom. The van der Waals surface area contributed by atoms with Gasteiger partial charge in [0.1, 0.15) is 18.0 Å². The highest BCUT2D eigenvalue weighted by molar-refractivity contribution is 5.91. The number of rotatable bonds is 9. The van der Waals surface area contributed by atoms with E-state index < -0.39 is 24.5 Å². The van der Waals surface area contributed by atoms with Crippen molar-refractivity contribution in [2.24, 2.45) is 5.73 Å². The van der Waals surface area contributed by atoms with Crippen LogP contribution < -0.4 is 21.1 Å². The van der Waals surface area contributed by atoms with Gasteiger partial charge in [-0.2, -0.15) is 0 Å². The number of nitrogens with two attached hydrogens (primary N) is 1. The fourth-order valence-electron chi connectivity index (χ4n) is 2.17. The summed E-state index contributed by atoms with van der Waals surface area (Å²) in [6.07, 6.45) is 0.135. The summed E-state index contributed by atoms with van der Waals surface area (Å²) in [6.45, 7) is -0.504. The highest BCUT2D eigenvalue weighted by atomic mass is 16.5. The average Bonchev–Trinajstić information content (AvgIpc) is 2.66. The molecule has 2 rings (SSSR count). The van der Waals surface area contributed by atoms with Crippen LogP contribution in [0.25, 0.3) is 0 Å². The van der Waals surface area contributed by atoms with Crippen molar-refractivity contribution in [2.45, 2.75) is 18.9 Å². The van der Waals surface area contributed by atoms with E-state index in [0.717, 1.165) is 0 Å². The Balaban J connectivity index is 1.77. The highest BCUT2D eigenvalue weighted by Gasteiger charge is 2.15. The zero-order valence-electron chi connectivity index (χ0n) is 14.6. The molecule has 0 unspecified atom stereocenters. The molecular formula is C19H21N3O5. The van der Waals surface area contributed by atoms with Crippen LogP contribution in [0.4, 0.5) is 5.69 Å². The van der Waals surface area contributed by atoms with Crippen molar-refractivity contribution in [3.63, 3.8) is 0 Å². The van der Waals surface area contributed by atoms with E-state index in [-0.39, 0.29) is 18.7 Å². The summed E-state index contributed by atoms with van der Waals surface area (Å²) in [5.74, 6) is -0.713. The van der Waals surface area contributed by atoms with Crippen LogP contribution in [-0.2, 0) is 14.4 Å². The van der Waals surface area contributed by atoms with E-state index in [1.54, 1.807) is 24.3 Å². The molecule has 0 radical (unpaired) electrons. The van der Waals surface area contributed by atoms with E-state index in [9.17, 15) is 14.4 Å². The molecule has 2 aromatic carbocycles. The fourth-order valence-corrected chi connectivity index (χ4v) is 2.17. The van der Waals surface area contributed by atoms with Gasteiger partial charge in [0.2, 0.25) is 11.8 Å². The monoisotopic (exact) mass is 371 g/mol. The Morgan fingerprint density at radius 3 is 2.26 bits per heavy atom. The van der Waals surface area contributed by atoms with Gasteiger partial charge in [-0.05, 0) is 42.8 Å². The molecule has 0 heterocycles. The molecule has 0 aliphatic heterocycles. The molecular weight excluding hydrogens is 350 g/mol. The maximum absolute atomic E-state index is 12.0. The molecule has 2 aromatic rings. The normalized spacial score (nSPS) is 11.3. The molecule has 0 aliphatic rings. The minimum Gasteiger partial charge on any atom is -0.480 e. The largest absolute Gasteiger partial charge is 0.480 e. The predicted octanol–water partition coefficient (Wildman–Crippen LogP) is 1.73. The number of aliphatic carboxylic acids is 1. The van der Waals surface area contributed by atoms with Crippen molar-refractivity contribution in [3.05, 3.63) is 54.6 Å². The number of nitrogens with one attached hydrogen (secondary N) is 2.